The van der Waals surface area contributed by atoms with Crippen LogP contribution in [0, 0.1) is 10.1 Å². The lowest BCUT2D eigenvalue weighted by atomic mass is 10.1. The topological polar surface area (TPSA) is 88.4 Å². The molecule has 1 atom stereocenters. The number of hydrogen-bond acceptors (Lipinski definition) is 5. The number of halogens is 1. The second kappa shape index (κ2) is 6.51. The Balaban J connectivity index is 2.13. The highest BCUT2D eigenvalue weighted by molar-refractivity contribution is 6.27. The Morgan fingerprint density at radius 1 is 1.65 bits per heavy atom. The molecule has 0 radical (unpaired) electrons. The van der Waals surface area contributed by atoms with E-state index in [4.69, 9.17) is 11.6 Å². The number of amides is 1. The first-order valence-corrected chi connectivity index (χ1v) is 6.85. The number of carbonyl (C=O) groups excluding carboxylic acids is 1. The smallest absolute Gasteiger partial charge is 0.311 e. The summed E-state index contributed by atoms with van der Waals surface area (Å²) in [5.74, 6) is 0.0385. The molecule has 1 N–H and O–H groups in total. The van der Waals surface area contributed by atoms with Crippen LogP contribution in [0.25, 0.3) is 0 Å². The van der Waals surface area contributed by atoms with Gasteiger partial charge in [-0.25, -0.2) is 4.98 Å². The number of nitrogens with one attached hydrogen (secondary N) is 1. The third kappa shape index (κ3) is 3.36. The molecule has 1 fully saturated rings. The molecule has 0 aliphatic carbocycles. The van der Waals surface area contributed by atoms with Crippen molar-refractivity contribution >= 4 is 29.0 Å². The van der Waals surface area contributed by atoms with E-state index in [0.29, 0.717) is 18.9 Å². The second-order valence-electron chi connectivity index (χ2n) is 4.59. The van der Waals surface area contributed by atoms with Crippen molar-refractivity contribution in [3.63, 3.8) is 0 Å². The van der Waals surface area contributed by atoms with Crippen LogP contribution in [0.3, 0.4) is 0 Å². The Bertz CT molecular complexity index is 511. The molecule has 1 aromatic heterocycles. The fourth-order valence-electron chi connectivity index (χ4n) is 2.33. The van der Waals surface area contributed by atoms with Gasteiger partial charge in [0.25, 0.3) is 0 Å². The highest BCUT2D eigenvalue weighted by atomic mass is 35.5. The zero-order valence-electron chi connectivity index (χ0n) is 10.8. The summed E-state index contributed by atoms with van der Waals surface area (Å²) < 4.78 is 0. The van der Waals surface area contributed by atoms with Gasteiger partial charge in [0, 0.05) is 31.4 Å². The van der Waals surface area contributed by atoms with Crippen molar-refractivity contribution in [2.45, 2.75) is 18.9 Å². The minimum absolute atomic E-state index is 0.0168. The number of anilines is 1. The Morgan fingerprint density at radius 3 is 3.15 bits per heavy atom. The summed E-state index contributed by atoms with van der Waals surface area (Å²) in [6.45, 7) is 1.19. The average Bonchev–Trinajstić information content (AvgIpc) is 2.47. The Hall–Kier alpha value is -1.89. The maximum absolute atomic E-state index is 11.3. The van der Waals surface area contributed by atoms with Gasteiger partial charge in [-0.2, -0.15) is 0 Å². The van der Waals surface area contributed by atoms with Gasteiger partial charge in [0.2, 0.25) is 11.7 Å². The van der Waals surface area contributed by atoms with Crippen LogP contribution in [0.4, 0.5) is 11.5 Å². The third-order valence-electron chi connectivity index (χ3n) is 3.17. The first kappa shape index (κ1) is 14.5. The van der Waals surface area contributed by atoms with Crippen molar-refractivity contribution < 1.29 is 9.72 Å². The van der Waals surface area contributed by atoms with Gasteiger partial charge in [-0.05, 0) is 18.9 Å². The van der Waals surface area contributed by atoms with Crippen LogP contribution in [0.2, 0.25) is 0 Å². The molecule has 0 saturated carbocycles. The summed E-state index contributed by atoms with van der Waals surface area (Å²) in [7, 11) is 0. The highest BCUT2D eigenvalue weighted by Crippen LogP contribution is 2.27. The molecular weight excluding hydrogens is 284 g/mol. The molecule has 0 aromatic carbocycles. The number of piperidine rings is 1. The van der Waals surface area contributed by atoms with Crippen molar-refractivity contribution in [1.29, 1.82) is 0 Å². The van der Waals surface area contributed by atoms with E-state index in [1.807, 2.05) is 4.90 Å². The summed E-state index contributed by atoms with van der Waals surface area (Å²) >= 11 is 5.46. The van der Waals surface area contributed by atoms with Gasteiger partial charge < -0.3 is 10.2 Å². The fraction of sp³-hybridized carbons (Fsp3) is 0.500. The standard InChI is InChI=1S/C12H15ClN4O3/c13-7-11(18)15-9-3-2-6-16(8-9)12-10(17(19)20)4-1-5-14-12/h1,4-5,9H,2-3,6-8H2,(H,15,18)/t9-/m0/s1. The van der Waals surface area contributed by atoms with Crippen molar-refractivity contribution in [3.8, 4) is 0 Å². The maximum atomic E-state index is 11.3. The molecular formula is C12H15ClN4O3. The predicted octanol–water partition coefficient (Wildman–Crippen LogP) is 1.31. The number of aromatic nitrogens is 1. The maximum Gasteiger partial charge on any atom is 0.311 e. The summed E-state index contributed by atoms with van der Waals surface area (Å²) in [5, 5.41) is 13.8. The largest absolute Gasteiger partial charge is 0.351 e. The summed E-state index contributed by atoms with van der Waals surface area (Å²) in [5.41, 5.74) is -0.0168. The first-order valence-electron chi connectivity index (χ1n) is 6.31. The van der Waals surface area contributed by atoms with E-state index in [1.165, 1.54) is 12.3 Å². The van der Waals surface area contributed by atoms with Crippen molar-refractivity contribution in [3.05, 3.63) is 28.4 Å². The van der Waals surface area contributed by atoms with Gasteiger partial charge in [-0.3, -0.25) is 14.9 Å². The van der Waals surface area contributed by atoms with Gasteiger partial charge in [-0.1, -0.05) is 0 Å². The van der Waals surface area contributed by atoms with Gasteiger partial charge >= 0.3 is 5.69 Å². The molecule has 0 unspecified atom stereocenters. The predicted molar refractivity (Wildman–Crippen MR) is 75.0 cm³/mol. The number of nitro groups is 1. The van der Waals surface area contributed by atoms with Crippen LogP contribution >= 0.6 is 11.6 Å². The summed E-state index contributed by atoms with van der Waals surface area (Å²) in [6.07, 6.45) is 3.20. The molecule has 1 aliphatic rings. The molecule has 1 saturated heterocycles. The molecule has 108 valence electrons. The van der Waals surface area contributed by atoms with Crippen molar-refractivity contribution in [1.82, 2.24) is 10.3 Å². The monoisotopic (exact) mass is 298 g/mol. The van der Waals surface area contributed by atoms with Crippen molar-refractivity contribution in [2.24, 2.45) is 0 Å². The van der Waals surface area contributed by atoms with Gasteiger partial charge in [-0.15, -0.1) is 11.6 Å². The molecule has 0 bridgehead atoms. The van der Waals surface area contributed by atoms with Crippen LogP contribution in [0.1, 0.15) is 12.8 Å². The molecule has 20 heavy (non-hydrogen) atoms. The zero-order valence-corrected chi connectivity index (χ0v) is 11.5. The van der Waals surface area contributed by atoms with E-state index in [-0.39, 0.29) is 23.5 Å². The number of rotatable bonds is 4. The van der Waals surface area contributed by atoms with Crippen LogP contribution in [0.15, 0.2) is 18.3 Å². The Labute approximate surface area is 121 Å². The number of pyridine rings is 1. The molecule has 1 amide bonds. The lowest BCUT2D eigenvalue weighted by Gasteiger charge is -2.33. The average molecular weight is 299 g/mol. The van der Waals surface area contributed by atoms with E-state index >= 15 is 0 Å². The lowest BCUT2D eigenvalue weighted by molar-refractivity contribution is -0.384. The molecule has 0 spiro atoms. The van der Waals surface area contributed by atoms with Gasteiger partial charge in [0.15, 0.2) is 0 Å². The van der Waals surface area contributed by atoms with Crippen LogP contribution < -0.4 is 10.2 Å². The molecule has 2 heterocycles. The summed E-state index contributed by atoms with van der Waals surface area (Å²) in [6, 6.07) is 2.92. The van der Waals surface area contributed by atoms with E-state index in [9.17, 15) is 14.9 Å². The quantitative estimate of drug-likeness (QED) is 0.514. The molecule has 7 nitrogen and oxygen atoms in total. The highest BCUT2D eigenvalue weighted by Gasteiger charge is 2.26. The first-order chi connectivity index (χ1) is 9.61. The van der Waals surface area contributed by atoms with Crippen LogP contribution in [-0.2, 0) is 4.79 Å². The van der Waals surface area contributed by atoms with E-state index < -0.39 is 4.92 Å². The van der Waals surface area contributed by atoms with Gasteiger partial charge in [0.05, 0.1) is 4.92 Å². The number of nitrogens with zero attached hydrogens (tertiary/aromatic N) is 3. The Morgan fingerprint density at radius 2 is 2.45 bits per heavy atom. The summed E-state index contributed by atoms with van der Waals surface area (Å²) in [4.78, 5) is 27.8. The van der Waals surface area contributed by atoms with E-state index in [1.54, 1.807) is 6.07 Å². The molecule has 1 aliphatic heterocycles. The van der Waals surface area contributed by atoms with Gasteiger partial charge in [0.1, 0.15) is 5.88 Å². The molecule has 8 heteroatoms. The van der Waals surface area contributed by atoms with E-state index in [0.717, 1.165) is 12.8 Å². The zero-order chi connectivity index (χ0) is 14.5. The van der Waals surface area contributed by atoms with Crippen LogP contribution in [-0.4, -0.2) is 40.8 Å². The minimum atomic E-state index is -0.441. The van der Waals surface area contributed by atoms with Crippen LogP contribution in [0.5, 0.6) is 0 Å². The minimum Gasteiger partial charge on any atom is -0.351 e. The number of hydrogen-bond donors (Lipinski definition) is 1. The number of carbonyl (C=O) groups is 1. The van der Waals surface area contributed by atoms with Crippen molar-refractivity contribution in [2.75, 3.05) is 23.9 Å². The molecule has 2 rings (SSSR count). The number of alkyl halides is 1. The normalized spacial score (nSPS) is 18.6. The lowest BCUT2D eigenvalue weighted by Crippen LogP contribution is -2.48. The SMILES string of the molecule is O=C(CCl)N[C@H]1CCCN(c2ncccc2[N+](=O)[O-])C1. The molecule has 1 aromatic rings. The Kier molecular flexibility index (Phi) is 4.73. The second-order valence-corrected chi connectivity index (χ2v) is 4.86. The third-order valence-corrected chi connectivity index (χ3v) is 3.41. The fourth-order valence-corrected chi connectivity index (χ4v) is 2.41. The van der Waals surface area contributed by atoms with E-state index in [2.05, 4.69) is 10.3 Å².